The summed E-state index contributed by atoms with van der Waals surface area (Å²) in [4.78, 5) is 26.7. The van der Waals surface area contributed by atoms with Crippen molar-refractivity contribution in [3.05, 3.63) is 95.0 Å². The first-order valence-electron chi connectivity index (χ1n) is 9.28. The van der Waals surface area contributed by atoms with Gasteiger partial charge in [-0.1, -0.05) is 54.1 Å². The van der Waals surface area contributed by atoms with Crippen molar-refractivity contribution < 1.29 is 19.1 Å². The fourth-order valence-corrected chi connectivity index (χ4v) is 3.45. The zero-order chi connectivity index (χ0) is 21.1. The highest BCUT2D eigenvalue weighted by atomic mass is 35.5. The van der Waals surface area contributed by atoms with Crippen LogP contribution in [0.25, 0.3) is 5.57 Å². The summed E-state index contributed by atoms with van der Waals surface area (Å²) in [5.74, 6) is 0.268. The maximum Gasteiger partial charge on any atom is 0.277 e. The smallest absolute Gasteiger partial charge is 0.277 e. The van der Waals surface area contributed by atoms with E-state index in [1.807, 2.05) is 30.3 Å². The Morgan fingerprint density at radius 1 is 0.800 bits per heavy atom. The van der Waals surface area contributed by atoms with Crippen LogP contribution < -0.4 is 14.4 Å². The lowest BCUT2D eigenvalue weighted by atomic mass is 10.1. The van der Waals surface area contributed by atoms with Crippen LogP contribution in [0, 0.1) is 0 Å². The van der Waals surface area contributed by atoms with Gasteiger partial charge in [0, 0.05) is 0 Å². The Morgan fingerprint density at radius 3 is 2.07 bits per heavy atom. The van der Waals surface area contributed by atoms with Crippen LogP contribution in [0.5, 0.6) is 11.5 Å². The number of imide groups is 1. The summed E-state index contributed by atoms with van der Waals surface area (Å²) in [6, 6.07) is 23.4. The SMILES string of the molecule is COc1ccc(C2=C(Cl)C(=O)N(c3ccc(OCc4ccccc4)cc3)C2=O)cc1. The summed E-state index contributed by atoms with van der Waals surface area (Å²) in [5.41, 5.74) is 2.21. The highest BCUT2D eigenvalue weighted by Gasteiger charge is 2.39. The number of rotatable bonds is 6. The molecule has 0 atom stereocenters. The standard InChI is InChI=1S/C24H18ClNO4/c1-29-19-11-7-17(8-12-19)21-22(25)24(28)26(23(21)27)18-9-13-20(14-10-18)30-15-16-5-3-2-4-6-16/h2-14H,15H2,1H3. The number of halogens is 1. The third kappa shape index (κ3) is 3.80. The molecule has 0 unspecified atom stereocenters. The second-order valence-corrected chi connectivity index (χ2v) is 7.01. The molecular formula is C24H18ClNO4. The number of benzene rings is 3. The van der Waals surface area contributed by atoms with E-state index in [2.05, 4.69) is 0 Å². The molecule has 4 rings (SSSR count). The number of carbonyl (C=O) groups excluding carboxylic acids is 2. The molecule has 0 aliphatic carbocycles. The van der Waals surface area contributed by atoms with Crippen molar-refractivity contribution in [3.8, 4) is 11.5 Å². The van der Waals surface area contributed by atoms with E-state index in [4.69, 9.17) is 21.1 Å². The molecule has 3 aromatic carbocycles. The van der Waals surface area contributed by atoms with Crippen molar-refractivity contribution in [2.75, 3.05) is 12.0 Å². The molecule has 150 valence electrons. The number of methoxy groups -OCH3 is 1. The van der Waals surface area contributed by atoms with Crippen molar-refractivity contribution in [1.82, 2.24) is 0 Å². The molecule has 0 fully saturated rings. The molecule has 0 saturated carbocycles. The molecule has 6 heteroatoms. The molecule has 0 N–H and O–H groups in total. The van der Waals surface area contributed by atoms with Gasteiger partial charge < -0.3 is 9.47 Å². The van der Waals surface area contributed by atoms with Gasteiger partial charge in [0.1, 0.15) is 23.1 Å². The average molecular weight is 420 g/mol. The van der Waals surface area contributed by atoms with Crippen LogP contribution in [-0.2, 0) is 16.2 Å². The summed E-state index contributed by atoms with van der Waals surface area (Å²) in [6.45, 7) is 0.427. The van der Waals surface area contributed by atoms with E-state index in [0.29, 0.717) is 29.4 Å². The van der Waals surface area contributed by atoms with Crippen LogP contribution in [-0.4, -0.2) is 18.9 Å². The predicted molar refractivity (Wildman–Crippen MR) is 115 cm³/mol. The van der Waals surface area contributed by atoms with E-state index in [0.717, 1.165) is 10.5 Å². The summed E-state index contributed by atoms with van der Waals surface area (Å²) in [5, 5.41) is -0.102. The first-order chi connectivity index (χ1) is 14.6. The van der Waals surface area contributed by atoms with Crippen molar-refractivity contribution in [2.45, 2.75) is 6.61 Å². The molecule has 1 aliphatic heterocycles. The van der Waals surface area contributed by atoms with Crippen molar-refractivity contribution in [2.24, 2.45) is 0 Å². The highest BCUT2D eigenvalue weighted by molar-refractivity contribution is 6.60. The molecular weight excluding hydrogens is 402 g/mol. The van der Waals surface area contributed by atoms with E-state index in [9.17, 15) is 9.59 Å². The Morgan fingerprint density at radius 2 is 1.43 bits per heavy atom. The molecule has 0 radical (unpaired) electrons. The maximum atomic E-state index is 13.0. The topological polar surface area (TPSA) is 55.8 Å². The zero-order valence-electron chi connectivity index (χ0n) is 16.2. The largest absolute Gasteiger partial charge is 0.497 e. The normalized spacial score (nSPS) is 13.7. The van der Waals surface area contributed by atoms with Crippen molar-refractivity contribution in [1.29, 1.82) is 0 Å². The number of hydrogen-bond donors (Lipinski definition) is 0. The number of carbonyl (C=O) groups is 2. The molecule has 0 aromatic heterocycles. The van der Waals surface area contributed by atoms with Crippen LogP contribution in [0.3, 0.4) is 0 Å². The van der Waals surface area contributed by atoms with Crippen molar-refractivity contribution >= 4 is 34.7 Å². The minimum absolute atomic E-state index is 0.102. The second-order valence-electron chi connectivity index (χ2n) is 6.63. The van der Waals surface area contributed by atoms with E-state index in [1.54, 1.807) is 55.6 Å². The summed E-state index contributed by atoms with van der Waals surface area (Å²) in [7, 11) is 1.56. The Balaban J connectivity index is 1.51. The molecule has 5 nitrogen and oxygen atoms in total. The summed E-state index contributed by atoms with van der Waals surface area (Å²) < 4.78 is 10.9. The third-order valence-electron chi connectivity index (χ3n) is 4.75. The number of hydrogen-bond acceptors (Lipinski definition) is 4. The lowest BCUT2D eigenvalue weighted by Gasteiger charge is -2.15. The van der Waals surface area contributed by atoms with Gasteiger partial charge in [-0.15, -0.1) is 0 Å². The highest BCUT2D eigenvalue weighted by Crippen LogP contribution is 2.35. The predicted octanol–water partition coefficient (Wildman–Crippen LogP) is 4.80. The molecule has 2 amide bonds. The monoisotopic (exact) mass is 419 g/mol. The fraction of sp³-hybridized carbons (Fsp3) is 0.0833. The molecule has 3 aromatic rings. The molecule has 1 aliphatic rings. The van der Waals surface area contributed by atoms with Crippen LogP contribution in [0.1, 0.15) is 11.1 Å². The van der Waals surface area contributed by atoms with Gasteiger partial charge in [0.25, 0.3) is 11.8 Å². The molecule has 0 saturated heterocycles. The maximum absolute atomic E-state index is 13.0. The fourth-order valence-electron chi connectivity index (χ4n) is 3.18. The van der Waals surface area contributed by atoms with Crippen molar-refractivity contribution in [3.63, 3.8) is 0 Å². The van der Waals surface area contributed by atoms with Gasteiger partial charge >= 0.3 is 0 Å². The lowest BCUT2D eigenvalue weighted by molar-refractivity contribution is -0.119. The Bertz CT molecular complexity index is 1110. The first kappa shape index (κ1) is 19.7. The van der Waals surface area contributed by atoms with Gasteiger partial charge in [0.2, 0.25) is 0 Å². The minimum Gasteiger partial charge on any atom is -0.497 e. The van der Waals surface area contributed by atoms with Gasteiger partial charge in [-0.2, -0.15) is 0 Å². The van der Waals surface area contributed by atoms with Gasteiger partial charge in [0.05, 0.1) is 18.4 Å². The third-order valence-corrected chi connectivity index (χ3v) is 5.10. The second kappa shape index (κ2) is 8.43. The number of nitrogens with zero attached hydrogens (tertiary/aromatic N) is 1. The van der Waals surface area contributed by atoms with Gasteiger partial charge in [-0.25, -0.2) is 4.90 Å². The number of anilines is 1. The van der Waals surface area contributed by atoms with Crippen LogP contribution in [0.15, 0.2) is 83.9 Å². The quantitative estimate of drug-likeness (QED) is 0.539. The number of ether oxygens (including phenoxy) is 2. The molecule has 0 bridgehead atoms. The molecule has 1 heterocycles. The number of amides is 2. The molecule has 0 spiro atoms. The van der Waals surface area contributed by atoms with E-state index in [-0.39, 0.29) is 10.6 Å². The van der Waals surface area contributed by atoms with E-state index < -0.39 is 11.8 Å². The zero-order valence-corrected chi connectivity index (χ0v) is 16.9. The van der Waals surface area contributed by atoms with Gasteiger partial charge in [-0.3, -0.25) is 9.59 Å². The molecule has 30 heavy (non-hydrogen) atoms. The van der Waals surface area contributed by atoms with Crippen LogP contribution in [0.2, 0.25) is 0 Å². The van der Waals surface area contributed by atoms with E-state index in [1.165, 1.54) is 0 Å². The summed E-state index contributed by atoms with van der Waals surface area (Å²) in [6.07, 6.45) is 0. The van der Waals surface area contributed by atoms with E-state index >= 15 is 0 Å². The Labute approximate surface area is 179 Å². The Hall–Kier alpha value is -3.57. The van der Waals surface area contributed by atoms with Gasteiger partial charge in [0.15, 0.2) is 0 Å². The minimum atomic E-state index is -0.551. The van der Waals surface area contributed by atoms with Crippen LogP contribution in [0.4, 0.5) is 5.69 Å². The summed E-state index contributed by atoms with van der Waals surface area (Å²) >= 11 is 6.24. The van der Waals surface area contributed by atoms with Gasteiger partial charge in [-0.05, 0) is 47.5 Å². The Kier molecular flexibility index (Phi) is 5.55. The lowest BCUT2D eigenvalue weighted by Crippen LogP contribution is -2.31. The van der Waals surface area contributed by atoms with Crippen LogP contribution >= 0.6 is 11.6 Å². The first-order valence-corrected chi connectivity index (χ1v) is 9.66. The average Bonchev–Trinajstić information content (AvgIpc) is 3.01.